The summed E-state index contributed by atoms with van der Waals surface area (Å²) >= 11 is 0. The average Bonchev–Trinajstić information content (AvgIpc) is 2.81. The van der Waals surface area contributed by atoms with Gasteiger partial charge >= 0.3 is 0 Å². The first-order valence-electron chi connectivity index (χ1n) is 3.95. The van der Waals surface area contributed by atoms with Crippen molar-refractivity contribution < 1.29 is 4.79 Å². The largest absolute Gasteiger partial charge is 0.335 e. The van der Waals surface area contributed by atoms with Gasteiger partial charge in [0.1, 0.15) is 0 Å². The van der Waals surface area contributed by atoms with E-state index in [2.05, 4.69) is 5.92 Å². The number of amides is 1. The minimum Gasteiger partial charge on any atom is -0.335 e. The molecule has 1 saturated carbocycles. The lowest BCUT2D eigenvalue weighted by atomic mass is 10.3. The van der Waals surface area contributed by atoms with Crippen LogP contribution in [0.25, 0.3) is 0 Å². The molecule has 1 fully saturated rings. The smallest absolute Gasteiger partial charge is 0.297 e. The molecule has 0 saturated heterocycles. The van der Waals surface area contributed by atoms with Crippen molar-refractivity contribution in [2.75, 3.05) is 13.6 Å². The third-order valence-electron chi connectivity index (χ3n) is 2.04. The van der Waals surface area contributed by atoms with Crippen LogP contribution in [0.15, 0.2) is 0 Å². The van der Waals surface area contributed by atoms with Gasteiger partial charge in [0.2, 0.25) is 0 Å². The van der Waals surface area contributed by atoms with Crippen LogP contribution in [0, 0.1) is 18.3 Å². The fraction of sp³-hybridized carbons (Fsp3) is 0.667. The minimum absolute atomic E-state index is 0.203. The topological polar surface area (TPSA) is 20.3 Å². The van der Waals surface area contributed by atoms with Crippen LogP contribution in [0.3, 0.4) is 0 Å². The summed E-state index contributed by atoms with van der Waals surface area (Å²) < 4.78 is 0. The van der Waals surface area contributed by atoms with Crippen LogP contribution in [0.2, 0.25) is 0 Å². The van der Waals surface area contributed by atoms with Crippen LogP contribution >= 0.6 is 0 Å². The second kappa shape index (κ2) is 3.43. The van der Waals surface area contributed by atoms with E-state index in [1.165, 1.54) is 12.8 Å². The minimum atomic E-state index is -0.203. The third kappa shape index (κ3) is 2.63. The Morgan fingerprint density at radius 2 is 2.36 bits per heavy atom. The summed E-state index contributed by atoms with van der Waals surface area (Å²) in [4.78, 5) is 12.4. The fourth-order valence-corrected chi connectivity index (χ4v) is 0.994. The van der Waals surface area contributed by atoms with Crippen LogP contribution in [-0.4, -0.2) is 24.4 Å². The summed E-state index contributed by atoms with van der Waals surface area (Å²) in [7, 11) is 1.75. The summed E-state index contributed by atoms with van der Waals surface area (Å²) in [5, 5.41) is 0. The standard InChI is InChI=1S/C9H13NO/c1-3-9(11)10(2)7-6-8-4-5-8/h1,8H,4-7H2,2H3. The molecule has 0 aromatic carbocycles. The van der Waals surface area contributed by atoms with Crippen molar-refractivity contribution >= 4 is 5.91 Å². The molecular weight excluding hydrogens is 138 g/mol. The van der Waals surface area contributed by atoms with E-state index in [1.807, 2.05) is 0 Å². The normalized spacial score (nSPS) is 15.6. The van der Waals surface area contributed by atoms with Crippen molar-refractivity contribution in [3.63, 3.8) is 0 Å². The van der Waals surface area contributed by atoms with Gasteiger partial charge in [-0.3, -0.25) is 4.79 Å². The molecule has 1 aliphatic rings. The summed E-state index contributed by atoms with van der Waals surface area (Å²) in [6, 6.07) is 0. The first kappa shape index (κ1) is 8.13. The summed E-state index contributed by atoms with van der Waals surface area (Å²) in [6.07, 6.45) is 8.73. The summed E-state index contributed by atoms with van der Waals surface area (Å²) in [5.41, 5.74) is 0. The zero-order valence-corrected chi connectivity index (χ0v) is 6.84. The van der Waals surface area contributed by atoms with Crippen molar-refractivity contribution in [1.82, 2.24) is 4.90 Å². The van der Waals surface area contributed by atoms with Gasteiger partial charge < -0.3 is 4.90 Å². The molecule has 0 spiro atoms. The molecule has 0 N–H and O–H groups in total. The van der Waals surface area contributed by atoms with Gasteiger partial charge in [0.15, 0.2) is 0 Å². The van der Waals surface area contributed by atoms with Crippen molar-refractivity contribution in [3.8, 4) is 12.3 Å². The maximum Gasteiger partial charge on any atom is 0.297 e. The highest BCUT2D eigenvalue weighted by Crippen LogP contribution is 2.32. The van der Waals surface area contributed by atoms with Crippen LogP contribution in [0.4, 0.5) is 0 Å². The number of carbonyl (C=O) groups is 1. The number of nitrogens with zero attached hydrogens (tertiary/aromatic N) is 1. The Balaban J connectivity index is 2.14. The van der Waals surface area contributed by atoms with Gasteiger partial charge in [-0.25, -0.2) is 0 Å². The lowest BCUT2D eigenvalue weighted by Crippen LogP contribution is -2.26. The quantitative estimate of drug-likeness (QED) is 0.548. The molecular formula is C9H13NO. The molecule has 0 aromatic heterocycles. The Morgan fingerprint density at radius 3 is 2.82 bits per heavy atom. The highest BCUT2D eigenvalue weighted by molar-refractivity contribution is 5.92. The molecule has 0 aromatic rings. The SMILES string of the molecule is C#CC(=O)N(C)CCC1CC1. The van der Waals surface area contributed by atoms with Crippen molar-refractivity contribution in [1.29, 1.82) is 0 Å². The number of hydrogen-bond acceptors (Lipinski definition) is 1. The Kier molecular flexibility index (Phi) is 2.53. The molecule has 1 aliphatic carbocycles. The Bertz CT molecular complexity index is 188. The number of hydrogen-bond donors (Lipinski definition) is 0. The molecule has 1 rings (SSSR count). The molecule has 60 valence electrons. The van der Waals surface area contributed by atoms with E-state index in [4.69, 9.17) is 6.42 Å². The van der Waals surface area contributed by atoms with Gasteiger partial charge in [-0.2, -0.15) is 0 Å². The molecule has 0 atom stereocenters. The van der Waals surface area contributed by atoms with Gasteiger partial charge in [0.05, 0.1) is 0 Å². The highest BCUT2D eigenvalue weighted by Gasteiger charge is 2.21. The Morgan fingerprint density at radius 1 is 1.73 bits per heavy atom. The van der Waals surface area contributed by atoms with E-state index in [0.29, 0.717) is 0 Å². The maximum absolute atomic E-state index is 10.8. The van der Waals surface area contributed by atoms with Crippen LogP contribution in [0.5, 0.6) is 0 Å². The summed E-state index contributed by atoms with van der Waals surface area (Å²) in [5.74, 6) is 2.76. The number of rotatable bonds is 3. The Hall–Kier alpha value is -0.970. The summed E-state index contributed by atoms with van der Waals surface area (Å²) in [6.45, 7) is 0.813. The lowest BCUT2D eigenvalue weighted by molar-refractivity contribution is -0.123. The predicted octanol–water partition coefficient (Wildman–Crippen LogP) is 0.878. The van der Waals surface area contributed by atoms with Gasteiger partial charge in [0, 0.05) is 13.6 Å². The molecule has 0 bridgehead atoms. The van der Waals surface area contributed by atoms with Crippen LogP contribution < -0.4 is 0 Å². The third-order valence-corrected chi connectivity index (χ3v) is 2.04. The van der Waals surface area contributed by atoms with Crippen molar-refractivity contribution in [2.45, 2.75) is 19.3 Å². The molecule has 0 unspecified atom stereocenters. The van der Waals surface area contributed by atoms with E-state index in [9.17, 15) is 4.79 Å². The lowest BCUT2D eigenvalue weighted by Gasteiger charge is -2.12. The van der Waals surface area contributed by atoms with Crippen molar-refractivity contribution in [3.05, 3.63) is 0 Å². The van der Waals surface area contributed by atoms with Crippen molar-refractivity contribution in [2.24, 2.45) is 5.92 Å². The highest BCUT2D eigenvalue weighted by atomic mass is 16.2. The predicted molar refractivity (Wildman–Crippen MR) is 43.8 cm³/mol. The molecule has 0 heterocycles. The maximum atomic E-state index is 10.8. The van der Waals surface area contributed by atoms with Gasteiger partial charge in [-0.1, -0.05) is 12.8 Å². The molecule has 0 radical (unpaired) electrons. The monoisotopic (exact) mass is 151 g/mol. The zero-order chi connectivity index (χ0) is 8.27. The van der Waals surface area contributed by atoms with Gasteiger partial charge in [0.25, 0.3) is 5.91 Å². The van der Waals surface area contributed by atoms with E-state index in [1.54, 1.807) is 11.9 Å². The fourth-order valence-electron chi connectivity index (χ4n) is 0.994. The second-order valence-electron chi connectivity index (χ2n) is 3.10. The van der Waals surface area contributed by atoms with E-state index >= 15 is 0 Å². The molecule has 2 nitrogen and oxygen atoms in total. The molecule has 11 heavy (non-hydrogen) atoms. The van der Waals surface area contributed by atoms with Gasteiger partial charge in [-0.05, 0) is 18.3 Å². The first-order valence-corrected chi connectivity index (χ1v) is 3.95. The average molecular weight is 151 g/mol. The molecule has 2 heteroatoms. The molecule has 0 aliphatic heterocycles. The second-order valence-corrected chi connectivity index (χ2v) is 3.10. The zero-order valence-electron chi connectivity index (χ0n) is 6.84. The number of carbonyl (C=O) groups excluding carboxylic acids is 1. The van der Waals surface area contributed by atoms with Crippen LogP contribution in [-0.2, 0) is 4.79 Å². The first-order chi connectivity index (χ1) is 5.24. The van der Waals surface area contributed by atoms with E-state index in [0.717, 1.165) is 18.9 Å². The van der Waals surface area contributed by atoms with E-state index in [-0.39, 0.29) is 5.91 Å². The van der Waals surface area contributed by atoms with E-state index < -0.39 is 0 Å². The van der Waals surface area contributed by atoms with Crippen LogP contribution in [0.1, 0.15) is 19.3 Å². The number of terminal acetylenes is 1. The molecule has 1 amide bonds. The Labute approximate surface area is 67.6 Å². The van der Waals surface area contributed by atoms with Gasteiger partial charge in [-0.15, -0.1) is 6.42 Å².